The summed E-state index contributed by atoms with van der Waals surface area (Å²) < 4.78 is 0.844. The Balaban J connectivity index is -0.000000180. The van der Waals surface area contributed by atoms with Gasteiger partial charge in [-0.15, -0.1) is 12.4 Å². The first-order valence-electron chi connectivity index (χ1n) is 2.47. The fourth-order valence-electron chi connectivity index (χ4n) is 0.300. The molecular weight excluding hydrogens is 140 g/mol. The summed E-state index contributed by atoms with van der Waals surface area (Å²) in [6.07, 6.45) is 0. The molecule has 0 heterocycles. The smallest absolute Gasteiger partial charge is 0.101 e. The van der Waals surface area contributed by atoms with Gasteiger partial charge in [-0.2, -0.15) is 0 Å². The minimum atomic E-state index is 0. The Bertz CT molecular complexity index is 53.4. The van der Waals surface area contributed by atoms with Gasteiger partial charge in [0.15, 0.2) is 0 Å². The number of rotatable bonds is 2. The maximum absolute atomic E-state index is 8.39. The van der Waals surface area contributed by atoms with Crippen LogP contribution in [0.1, 0.15) is 0 Å². The Morgan fingerprint density at radius 2 is 1.56 bits per heavy atom. The molecule has 0 aliphatic carbocycles. The predicted molar refractivity (Wildman–Crippen MR) is 42.3 cm³/mol. The van der Waals surface area contributed by atoms with Crippen LogP contribution in [-0.2, 0) is 0 Å². The molecule has 0 saturated carbocycles. The molecular formula is C5H18ClN2O+. The van der Waals surface area contributed by atoms with Crippen LogP contribution in [0.2, 0.25) is 0 Å². The van der Waals surface area contributed by atoms with E-state index in [0.717, 1.165) is 11.0 Å². The number of halogens is 1. The average Bonchev–Trinajstić information content (AvgIpc) is 1.30. The standard InChI is InChI=1S/C5H14NO.ClH.H3N/c1-6(2,3)4-5-7;;/h7H,4-5H2,1-3H3;1H;1H3/q+1;;. The molecule has 0 unspecified atom stereocenters. The van der Waals surface area contributed by atoms with Gasteiger partial charge < -0.3 is 15.7 Å². The van der Waals surface area contributed by atoms with Crippen molar-refractivity contribution >= 4 is 12.4 Å². The molecule has 0 aromatic carbocycles. The summed E-state index contributed by atoms with van der Waals surface area (Å²) in [6, 6.07) is 0. The van der Waals surface area contributed by atoms with E-state index in [4.69, 9.17) is 5.11 Å². The van der Waals surface area contributed by atoms with Crippen LogP contribution in [0, 0.1) is 0 Å². The maximum Gasteiger partial charge on any atom is 0.101 e. The van der Waals surface area contributed by atoms with Gasteiger partial charge in [-0.1, -0.05) is 0 Å². The first-order valence-corrected chi connectivity index (χ1v) is 2.47. The molecule has 0 aromatic rings. The fourth-order valence-corrected chi connectivity index (χ4v) is 0.300. The van der Waals surface area contributed by atoms with E-state index in [0.29, 0.717) is 0 Å². The van der Waals surface area contributed by atoms with Crippen molar-refractivity contribution in [3.63, 3.8) is 0 Å². The van der Waals surface area contributed by atoms with E-state index in [2.05, 4.69) is 21.1 Å². The molecule has 4 N–H and O–H groups in total. The number of hydrogen-bond acceptors (Lipinski definition) is 2. The van der Waals surface area contributed by atoms with E-state index in [-0.39, 0.29) is 25.2 Å². The van der Waals surface area contributed by atoms with Crippen molar-refractivity contribution in [2.75, 3.05) is 34.3 Å². The lowest BCUT2D eigenvalue weighted by molar-refractivity contribution is -0.870. The maximum atomic E-state index is 8.39. The molecule has 0 aliphatic heterocycles. The highest BCUT2D eigenvalue weighted by Crippen LogP contribution is 1.84. The third kappa shape index (κ3) is 17.9. The zero-order valence-corrected chi connectivity index (χ0v) is 7.24. The second-order valence-corrected chi connectivity index (χ2v) is 2.74. The summed E-state index contributed by atoms with van der Waals surface area (Å²) in [4.78, 5) is 0. The molecule has 0 bridgehead atoms. The van der Waals surface area contributed by atoms with Gasteiger partial charge in [0.25, 0.3) is 0 Å². The van der Waals surface area contributed by atoms with E-state index in [1.807, 2.05) is 0 Å². The third-order valence-corrected chi connectivity index (χ3v) is 0.771. The first-order chi connectivity index (χ1) is 3.06. The molecule has 60 valence electrons. The monoisotopic (exact) mass is 157 g/mol. The molecule has 0 aromatic heterocycles. The van der Waals surface area contributed by atoms with Crippen LogP contribution in [0.4, 0.5) is 0 Å². The average molecular weight is 158 g/mol. The summed E-state index contributed by atoms with van der Waals surface area (Å²) >= 11 is 0. The second kappa shape index (κ2) is 6.29. The SMILES string of the molecule is C[N+](C)(C)CCO.Cl.N. The Morgan fingerprint density at radius 1 is 1.22 bits per heavy atom. The van der Waals surface area contributed by atoms with Crippen LogP contribution in [0.25, 0.3) is 0 Å². The lowest BCUT2D eigenvalue weighted by atomic mass is 10.5. The van der Waals surface area contributed by atoms with Crippen molar-refractivity contribution in [2.24, 2.45) is 0 Å². The summed E-state index contributed by atoms with van der Waals surface area (Å²) in [5, 5.41) is 8.39. The number of quaternary nitrogens is 1. The van der Waals surface area contributed by atoms with Crippen LogP contribution < -0.4 is 6.15 Å². The highest BCUT2D eigenvalue weighted by Gasteiger charge is 2.02. The normalized spacial score (nSPS) is 9.33. The Labute approximate surface area is 63.3 Å². The fraction of sp³-hybridized carbons (Fsp3) is 1.00. The van der Waals surface area contributed by atoms with Crippen molar-refractivity contribution in [3.05, 3.63) is 0 Å². The largest absolute Gasteiger partial charge is 0.391 e. The number of nitrogens with zero attached hydrogens (tertiary/aromatic N) is 1. The van der Waals surface area contributed by atoms with Crippen molar-refractivity contribution in [1.29, 1.82) is 0 Å². The van der Waals surface area contributed by atoms with Gasteiger partial charge in [-0.25, -0.2) is 0 Å². The zero-order valence-electron chi connectivity index (χ0n) is 6.42. The predicted octanol–water partition coefficient (Wildman–Crippen LogP) is 0.269. The molecule has 9 heavy (non-hydrogen) atoms. The molecule has 4 heteroatoms. The summed E-state index contributed by atoms with van der Waals surface area (Å²) in [7, 11) is 6.16. The number of hydrogen-bond donors (Lipinski definition) is 2. The van der Waals surface area contributed by atoms with Gasteiger partial charge in [-0.3, -0.25) is 0 Å². The quantitative estimate of drug-likeness (QED) is 0.566. The minimum Gasteiger partial charge on any atom is -0.391 e. The van der Waals surface area contributed by atoms with Gasteiger partial charge in [0.05, 0.1) is 27.7 Å². The number of likely N-dealkylation sites (N-methyl/N-ethyl adjacent to an activating group) is 1. The van der Waals surface area contributed by atoms with E-state index in [9.17, 15) is 0 Å². The van der Waals surface area contributed by atoms with Gasteiger partial charge in [0, 0.05) is 0 Å². The topological polar surface area (TPSA) is 55.2 Å². The number of aliphatic hydroxyl groups excluding tert-OH is 1. The first kappa shape index (κ1) is 16.1. The third-order valence-electron chi connectivity index (χ3n) is 0.771. The highest BCUT2D eigenvalue weighted by molar-refractivity contribution is 5.85. The van der Waals surface area contributed by atoms with Gasteiger partial charge in [-0.05, 0) is 0 Å². The summed E-state index contributed by atoms with van der Waals surface area (Å²) in [5.74, 6) is 0. The molecule has 0 aliphatic rings. The van der Waals surface area contributed by atoms with E-state index < -0.39 is 0 Å². The van der Waals surface area contributed by atoms with Crippen molar-refractivity contribution in [1.82, 2.24) is 6.15 Å². The van der Waals surface area contributed by atoms with Crippen molar-refractivity contribution < 1.29 is 9.59 Å². The van der Waals surface area contributed by atoms with Crippen molar-refractivity contribution in [3.8, 4) is 0 Å². The summed E-state index contributed by atoms with van der Waals surface area (Å²) in [6.45, 7) is 1.11. The van der Waals surface area contributed by atoms with Gasteiger partial charge in [0.2, 0.25) is 0 Å². The Hall–Kier alpha value is 0.170. The highest BCUT2D eigenvalue weighted by atomic mass is 35.5. The summed E-state index contributed by atoms with van der Waals surface area (Å²) in [5.41, 5.74) is 0. The molecule has 0 rings (SSSR count). The molecule has 0 spiro atoms. The van der Waals surface area contributed by atoms with E-state index >= 15 is 0 Å². The van der Waals surface area contributed by atoms with Crippen LogP contribution in [-0.4, -0.2) is 43.9 Å². The van der Waals surface area contributed by atoms with Gasteiger partial charge >= 0.3 is 0 Å². The Morgan fingerprint density at radius 3 is 1.56 bits per heavy atom. The molecule has 0 fully saturated rings. The van der Waals surface area contributed by atoms with E-state index in [1.165, 1.54) is 0 Å². The lowest BCUT2D eigenvalue weighted by Crippen LogP contribution is -2.36. The van der Waals surface area contributed by atoms with Crippen LogP contribution in [0.5, 0.6) is 0 Å². The molecule has 0 atom stereocenters. The minimum absolute atomic E-state index is 0. The Kier molecular flexibility index (Phi) is 11.2. The van der Waals surface area contributed by atoms with E-state index in [1.54, 1.807) is 0 Å². The zero-order chi connectivity index (χ0) is 5.91. The molecule has 3 nitrogen and oxygen atoms in total. The van der Waals surface area contributed by atoms with Crippen LogP contribution in [0.15, 0.2) is 0 Å². The number of aliphatic hydroxyl groups is 1. The van der Waals surface area contributed by atoms with Crippen molar-refractivity contribution in [2.45, 2.75) is 0 Å². The van der Waals surface area contributed by atoms with Gasteiger partial charge in [0.1, 0.15) is 6.54 Å². The molecule has 0 saturated heterocycles. The van der Waals surface area contributed by atoms with Crippen LogP contribution >= 0.6 is 12.4 Å². The molecule has 0 amide bonds. The molecule has 0 radical (unpaired) electrons. The lowest BCUT2D eigenvalue weighted by Gasteiger charge is -2.21. The van der Waals surface area contributed by atoms with Crippen LogP contribution in [0.3, 0.4) is 0 Å². The second-order valence-electron chi connectivity index (χ2n) is 2.74.